The third-order valence-corrected chi connectivity index (χ3v) is 3.49. The fourth-order valence-electron chi connectivity index (χ4n) is 1.15. The highest BCUT2D eigenvalue weighted by atomic mass is 32.2. The van der Waals surface area contributed by atoms with E-state index in [1.807, 2.05) is 39.0 Å². The van der Waals surface area contributed by atoms with Gasteiger partial charge in [0.15, 0.2) is 0 Å². The number of rotatable bonds is 4. The average molecular weight is 237 g/mol. The van der Waals surface area contributed by atoms with Gasteiger partial charge in [0, 0.05) is 6.21 Å². The van der Waals surface area contributed by atoms with Crippen LogP contribution in [0.15, 0.2) is 34.7 Å². The summed E-state index contributed by atoms with van der Waals surface area (Å²) in [5.74, 6) is 0. The van der Waals surface area contributed by atoms with Crippen LogP contribution in [0.3, 0.4) is 0 Å². The zero-order valence-corrected chi connectivity index (χ0v) is 11.0. The first-order chi connectivity index (χ1) is 7.50. The Balaban J connectivity index is 2.37. The Kier molecular flexibility index (Phi) is 4.87. The van der Waals surface area contributed by atoms with E-state index in [-0.39, 0.29) is 4.75 Å². The van der Waals surface area contributed by atoms with Crippen molar-refractivity contribution in [2.45, 2.75) is 38.4 Å². The van der Waals surface area contributed by atoms with Crippen LogP contribution in [0, 0.1) is 0 Å². The second-order valence-electron chi connectivity index (χ2n) is 4.67. The lowest BCUT2D eigenvalue weighted by atomic mass is 10.1. The van der Waals surface area contributed by atoms with E-state index in [1.165, 1.54) is 5.56 Å². The van der Waals surface area contributed by atoms with Gasteiger partial charge in [0.25, 0.3) is 0 Å². The van der Waals surface area contributed by atoms with Crippen molar-refractivity contribution in [3.63, 3.8) is 0 Å². The van der Waals surface area contributed by atoms with Crippen molar-refractivity contribution in [3.05, 3.63) is 35.9 Å². The first-order valence-corrected chi connectivity index (χ1v) is 6.59. The Morgan fingerprint density at radius 1 is 1.25 bits per heavy atom. The van der Waals surface area contributed by atoms with Gasteiger partial charge in [-0.1, -0.05) is 30.3 Å². The zero-order chi connectivity index (χ0) is 12.0. The van der Waals surface area contributed by atoms with Crippen LogP contribution < -0.4 is 0 Å². The number of aryl methyl sites for hydroxylation is 1. The second-order valence-corrected chi connectivity index (χ2v) is 6.61. The molecule has 0 aliphatic rings. The van der Waals surface area contributed by atoms with E-state index < -0.39 is 11.0 Å². The highest BCUT2D eigenvalue weighted by molar-refractivity contribution is 7.85. The molecule has 0 saturated carbocycles. The maximum atomic E-state index is 11.6. The predicted molar refractivity (Wildman–Crippen MR) is 71.2 cm³/mol. The van der Waals surface area contributed by atoms with Crippen LogP contribution in [0.1, 0.15) is 32.8 Å². The summed E-state index contributed by atoms with van der Waals surface area (Å²) in [6.45, 7) is 5.78. The van der Waals surface area contributed by atoms with Crippen molar-refractivity contribution >= 4 is 17.2 Å². The second kappa shape index (κ2) is 5.94. The van der Waals surface area contributed by atoms with E-state index in [1.54, 1.807) is 6.21 Å². The fourth-order valence-corrected chi connectivity index (χ4v) is 1.71. The quantitative estimate of drug-likeness (QED) is 0.740. The minimum Gasteiger partial charge on any atom is -0.234 e. The topological polar surface area (TPSA) is 29.4 Å². The van der Waals surface area contributed by atoms with E-state index in [4.69, 9.17) is 0 Å². The lowest BCUT2D eigenvalue weighted by molar-refractivity contribution is 0.650. The largest absolute Gasteiger partial charge is 0.234 e. The SMILES string of the molecule is CC(C)(C)S(=O)/N=C\CCc1ccccc1. The molecule has 0 N–H and O–H groups in total. The van der Waals surface area contributed by atoms with Crippen molar-refractivity contribution in [1.82, 2.24) is 0 Å². The molecule has 2 nitrogen and oxygen atoms in total. The number of nitrogens with zero attached hydrogens (tertiary/aromatic N) is 1. The molecule has 0 fully saturated rings. The molecule has 1 atom stereocenters. The molecule has 0 amide bonds. The lowest BCUT2D eigenvalue weighted by Crippen LogP contribution is -2.19. The maximum absolute atomic E-state index is 11.6. The third kappa shape index (κ3) is 4.71. The van der Waals surface area contributed by atoms with Crippen LogP contribution in [0.25, 0.3) is 0 Å². The third-order valence-electron chi connectivity index (χ3n) is 2.10. The average Bonchev–Trinajstić information content (AvgIpc) is 2.24. The van der Waals surface area contributed by atoms with Crippen LogP contribution in [0.4, 0.5) is 0 Å². The van der Waals surface area contributed by atoms with Crippen LogP contribution in [0.2, 0.25) is 0 Å². The summed E-state index contributed by atoms with van der Waals surface area (Å²) >= 11 is 0. The Hall–Kier alpha value is -0.960. The molecule has 16 heavy (non-hydrogen) atoms. The minimum atomic E-state index is -1.13. The van der Waals surface area contributed by atoms with Gasteiger partial charge in [-0.25, -0.2) is 4.21 Å². The molecule has 0 spiro atoms. The predicted octanol–water partition coefficient (Wildman–Crippen LogP) is 3.15. The summed E-state index contributed by atoms with van der Waals surface area (Å²) in [7, 11) is -1.13. The molecule has 3 heteroatoms. The molecule has 0 aromatic heterocycles. The van der Waals surface area contributed by atoms with Gasteiger partial charge in [-0.2, -0.15) is 4.40 Å². The summed E-state index contributed by atoms with van der Waals surface area (Å²) in [6, 6.07) is 10.2. The molecular formula is C13H19NOS. The van der Waals surface area contributed by atoms with E-state index in [0.29, 0.717) is 0 Å². The van der Waals surface area contributed by atoms with Crippen LogP contribution >= 0.6 is 0 Å². The molecule has 1 rings (SSSR count). The summed E-state index contributed by atoms with van der Waals surface area (Å²) in [5.41, 5.74) is 1.29. The van der Waals surface area contributed by atoms with Gasteiger partial charge >= 0.3 is 0 Å². The molecule has 0 aliphatic heterocycles. The lowest BCUT2D eigenvalue weighted by Gasteiger charge is -2.12. The van der Waals surface area contributed by atoms with Crippen molar-refractivity contribution in [3.8, 4) is 0 Å². The van der Waals surface area contributed by atoms with Crippen molar-refractivity contribution in [2.24, 2.45) is 4.40 Å². The molecule has 1 aromatic carbocycles. The molecule has 0 radical (unpaired) electrons. The Morgan fingerprint density at radius 2 is 1.88 bits per heavy atom. The monoisotopic (exact) mass is 237 g/mol. The molecule has 0 saturated heterocycles. The number of benzene rings is 1. The van der Waals surface area contributed by atoms with Crippen LogP contribution in [-0.4, -0.2) is 15.2 Å². The summed E-state index contributed by atoms with van der Waals surface area (Å²) < 4.78 is 15.4. The normalized spacial score (nSPS) is 14.2. The molecule has 1 unspecified atom stereocenters. The first-order valence-electron chi connectivity index (χ1n) is 5.48. The summed E-state index contributed by atoms with van der Waals surface area (Å²) in [5, 5.41) is 0. The van der Waals surface area contributed by atoms with Crippen molar-refractivity contribution in [2.75, 3.05) is 0 Å². The van der Waals surface area contributed by atoms with E-state index >= 15 is 0 Å². The van der Waals surface area contributed by atoms with Gasteiger partial charge < -0.3 is 0 Å². The van der Waals surface area contributed by atoms with Gasteiger partial charge in [0.05, 0.1) is 4.75 Å². The van der Waals surface area contributed by atoms with Gasteiger partial charge in [0.1, 0.15) is 11.0 Å². The van der Waals surface area contributed by atoms with Crippen LogP contribution in [0.5, 0.6) is 0 Å². The smallest absolute Gasteiger partial charge is 0.144 e. The van der Waals surface area contributed by atoms with E-state index in [9.17, 15) is 4.21 Å². The van der Waals surface area contributed by atoms with Crippen molar-refractivity contribution < 1.29 is 4.21 Å². The minimum absolute atomic E-state index is 0.261. The first kappa shape index (κ1) is 13.1. The van der Waals surface area contributed by atoms with E-state index in [2.05, 4.69) is 16.5 Å². The molecule has 0 aliphatic carbocycles. The van der Waals surface area contributed by atoms with Gasteiger partial charge in [-0.3, -0.25) is 0 Å². The fraction of sp³-hybridized carbons (Fsp3) is 0.462. The number of hydrogen-bond acceptors (Lipinski definition) is 1. The summed E-state index contributed by atoms with van der Waals surface area (Å²) in [4.78, 5) is 0. The van der Waals surface area contributed by atoms with Crippen LogP contribution in [-0.2, 0) is 17.4 Å². The van der Waals surface area contributed by atoms with Gasteiger partial charge in [-0.05, 0) is 39.2 Å². The van der Waals surface area contributed by atoms with Gasteiger partial charge in [-0.15, -0.1) is 0 Å². The maximum Gasteiger partial charge on any atom is 0.144 e. The molecule has 1 aromatic rings. The Labute approximate surface area is 100 Å². The Bertz CT molecular complexity index is 365. The van der Waals surface area contributed by atoms with E-state index in [0.717, 1.165) is 12.8 Å². The van der Waals surface area contributed by atoms with Gasteiger partial charge in [0.2, 0.25) is 0 Å². The Morgan fingerprint density at radius 3 is 2.44 bits per heavy atom. The molecule has 88 valence electrons. The highest BCUT2D eigenvalue weighted by Crippen LogP contribution is 2.11. The standard InChI is InChI=1S/C13H19NOS/c1-13(2,3)16(15)14-11-7-10-12-8-5-4-6-9-12/h4-6,8-9,11H,7,10H2,1-3H3/b14-11-. The van der Waals surface area contributed by atoms with Crippen molar-refractivity contribution in [1.29, 1.82) is 0 Å². The molecular weight excluding hydrogens is 218 g/mol. The summed E-state index contributed by atoms with van der Waals surface area (Å²) in [6.07, 6.45) is 3.56. The molecule has 0 bridgehead atoms. The number of hydrogen-bond donors (Lipinski definition) is 0. The molecule has 0 heterocycles. The highest BCUT2D eigenvalue weighted by Gasteiger charge is 2.17. The zero-order valence-electron chi connectivity index (χ0n) is 10.1.